The lowest BCUT2D eigenvalue weighted by Crippen LogP contribution is -2.42. The zero-order valence-electron chi connectivity index (χ0n) is 10.2. The molecule has 16 heavy (non-hydrogen) atoms. The van der Waals surface area contributed by atoms with E-state index in [0.29, 0.717) is 0 Å². The molecule has 0 N–H and O–H groups in total. The zero-order chi connectivity index (χ0) is 12.0. The van der Waals surface area contributed by atoms with Gasteiger partial charge in [-0.25, -0.2) is 0 Å². The molecule has 3 nitrogen and oxygen atoms in total. The molecular weight excluding hydrogens is 288 g/mol. The van der Waals surface area contributed by atoms with Crippen molar-refractivity contribution in [2.75, 3.05) is 4.95 Å². The lowest BCUT2D eigenvalue weighted by atomic mass is 10.2. The molecule has 0 unspecified atom stereocenters. The molecule has 5 heteroatoms. The summed E-state index contributed by atoms with van der Waals surface area (Å²) in [7, 11) is -1.62. The van der Waals surface area contributed by atoms with Crippen LogP contribution in [0.5, 0.6) is 0 Å². The fourth-order valence-electron chi connectivity index (χ4n) is 2.05. The number of hydrogen-bond acceptors (Lipinski definition) is 3. The second kappa shape index (κ2) is 4.21. The Bertz CT molecular complexity index is 304. The van der Waals surface area contributed by atoms with Crippen molar-refractivity contribution in [1.29, 1.82) is 0 Å². The number of rotatable bonds is 3. The van der Waals surface area contributed by atoms with Gasteiger partial charge in [-0.05, 0) is 26.9 Å². The van der Waals surface area contributed by atoms with E-state index >= 15 is 0 Å². The van der Waals surface area contributed by atoms with Gasteiger partial charge in [-0.15, -0.1) is 0 Å². The van der Waals surface area contributed by atoms with Crippen LogP contribution in [-0.2, 0) is 13.9 Å². The minimum atomic E-state index is -1.62. The van der Waals surface area contributed by atoms with E-state index in [1.807, 2.05) is 13.8 Å². The van der Waals surface area contributed by atoms with Gasteiger partial charge in [0, 0.05) is 4.95 Å². The van der Waals surface area contributed by atoms with Crippen LogP contribution in [0.15, 0.2) is 12.2 Å². The number of ether oxygens (including phenoxy) is 2. The lowest BCUT2D eigenvalue weighted by molar-refractivity contribution is -0.151. The Morgan fingerprint density at radius 2 is 2.00 bits per heavy atom. The Morgan fingerprint density at radius 1 is 1.31 bits per heavy atom. The topological polar surface area (TPSA) is 27.7 Å². The van der Waals surface area contributed by atoms with Crippen molar-refractivity contribution in [2.45, 2.75) is 51.0 Å². The second-order valence-electron chi connectivity index (χ2n) is 5.43. The van der Waals surface area contributed by atoms with Crippen molar-refractivity contribution in [1.82, 2.24) is 0 Å². The molecule has 0 aromatic rings. The summed E-state index contributed by atoms with van der Waals surface area (Å²) in [5.41, 5.74) is 0. The molecule has 1 aliphatic carbocycles. The van der Waals surface area contributed by atoms with Crippen LogP contribution in [0, 0.1) is 0 Å². The fraction of sp³-hybridized carbons (Fsp3) is 0.818. The van der Waals surface area contributed by atoms with Crippen molar-refractivity contribution in [3.63, 3.8) is 0 Å². The quantitative estimate of drug-likeness (QED) is 0.456. The van der Waals surface area contributed by atoms with Gasteiger partial charge < -0.3 is 13.9 Å². The monoisotopic (exact) mass is 306 g/mol. The third-order valence-electron chi connectivity index (χ3n) is 2.75. The molecule has 92 valence electrons. The Kier molecular flexibility index (Phi) is 3.36. The first-order valence-corrected chi connectivity index (χ1v) is 9.84. The number of hydrogen-bond donors (Lipinski definition) is 0. The fourth-order valence-corrected chi connectivity index (χ4v) is 3.46. The summed E-state index contributed by atoms with van der Waals surface area (Å²) in [6.45, 7) is 8.29. The third kappa shape index (κ3) is 2.59. The van der Waals surface area contributed by atoms with E-state index in [9.17, 15) is 0 Å². The van der Waals surface area contributed by atoms with Crippen molar-refractivity contribution in [3.8, 4) is 0 Å². The molecule has 1 saturated heterocycles. The standard InChI is InChI=1S/C11H19BrO3Si/c1-11(2)13-8-5-6-9(10(8)14-11)15-16(3,4)7-12/h5-6,8-10H,7H2,1-4H3/t8-,9-,10-/m1/s1. The first-order valence-electron chi connectivity index (χ1n) is 5.61. The van der Waals surface area contributed by atoms with Gasteiger partial charge in [-0.2, -0.15) is 0 Å². The van der Waals surface area contributed by atoms with Crippen LogP contribution >= 0.6 is 15.9 Å². The first kappa shape index (κ1) is 12.8. The summed E-state index contributed by atoms with van der Waals surface area (Å²) in [5, 5.41) is 0. The van der Waals surface area contributed by atoms with E-state index < -0.39 is 14.1 Å². The minimum Gasteiger partial charge on any atom is -0.407 e. The maximum atomic E-state index is 6.16. The Hall–Kier alpha value is 0.317. The summed E-state index contributed by atoms with van der Waals surface area (Å²) in [5.74, 6) is -0.484. The highest BCUT2D eigenvalue weighted by atomic mass is 79.9. The third-order valence-corrected chi connectivity index (χ3v) is 8.36. The summed E-state index contributed by atoms with van der Waals surface area (Å²) >= 11 is 3.51. The molecule has 1 heterocycles. The van der Waals surface area contributed by atoms with Crippen molar-refractivity contribution in [2.24, 2.45) is 0 Å². The van der Waals surface area contributed by atoms with Gasteiger partial charge in [0.15, 0.2) is 14.1 Å². The predicted octanol–water partition coefficient (Wildman–Crippen LogP) is 2.60. The molecule has 0 aromatic carbocycles. The number of fused-ring (bicyclic) bond motifs is 1. The van der Waals surface area contributed by atoms with Crippen LogP contribution in [0.3, 0.4) is 0 Å². The molecule has 0 amide bonds. The average Bonchev–Trinajstić information content (AvgIpc) is 2.63. The summed E-state index contributed by atoms with van der Waals surface area (Å²) < 4.78 is 17.8. The van der Waals surface area contributed by atoms with Crippen molar-refractivity contribution in [3.05, 3.63) is 12.2 Å². The van der Waals surface area contributed by atoms with Crippen molar-refractivity contribution >= 4 is 24.2 Å². The zero-order valence-corrected chi connectivity index (χ0v) is 12.8. The Balaban J connectivity index is 2.02. The van der Waals surface area contributed by atoms with Crippen LogP contribution in [0.1, 0.15) is 13.8 Å². The maximum Gasteiger partial charge on any atom is 0.198 e. The number of alkyl halides is 1. The molecule has 2 rings (SSSR count). The first-order chi connectivity index (χ1) is 7.33. The molecule has 0 spiro atoms. The van der Waals surface area contributed by atoms with E-state index in [-0.39, 0.29) is 18.3 Å². The molecule has 0 aromatic heterocycles. The summed E-state index contributed by atoms with van der Waals surface area (Å²) in [6.07, 6.45) is 4.26. The van der Waals surface area contributed by atoms with Gasteiger partial charge in [0.05, 0.1) is 6.10 Å². The molecule has 0 radical (unpaired) electrons. The lowest BCUT2D eigenvalue weighted by Gasteiger charge is -2.28. The maximum absolute atomic E-state index is 6.16. The van der Waals surface area contributed by atoms with Crippen LogP contribution in [0.25, 0.3) is 0 Å². The van der Waals surface area contributed by atoms with Crippen LogP contribution < -0.4 is 0 Å². The highest BCUT2D eigenvalue weighted by molar-refractivity contribution is 9.09. The van der Waals surface area contributed by atoms with Crippen LogP contribution in [-0.4, -0.2) is 37.4 Å². The largest absolute Gasteiger partial charge is 0.407 e. The van der Waals surface area contributed by atoms with E-state index in [1.165, 1.54) is 0 Å². The Labute approximate surface area is 106 Å². The summed E-state index contributed by atoms with van der Waals surface area (Å²) in [4.78, 5) is 0.936. The van der Waals surface area contributed by atoms with Crippen molar-refractivity contribution < 1.29 is 13.9 Å². The van der Waals surface area contributed by atoms with Gasteiger partial charge in [0.1, 0.15) is 12.2 Å². The SMILES string of the molecule is CC1(C)O[C@@H]2[C@@H](C=C[C@H]2O[Si](C)(C)CBr)O1. The smallest absolute Gasteiger partial charge is 0.198 e. The van der Waals surface area contributed by atoms with E-state index in [1.54, 1.807) is 0 Å². The van der Waals surface area contributed by atoms with Gasteiger partial charge in [0.2, 0.25) is 0 Å². The van der Waals surface area contributed by atoms with Crippen LogP contribution in [0.2, 0.25) is 13.1 Å². The molecule has 1 fully saturated rings. The van der Waals surface area contributed by atoms with Gasteiger partial charge in [-0.3, -0.25) is 0 Å². The predicted molar refractivity (Wildman–Crippen MR) is 69.1 cm³/mol. The molecule has 1 aliphatic heterocycles. The van der Waals surface area contributed by atoms with Gasteiger partial charge in [0.25, 0.3) is 0 Å². The minimum absolute atomic E-state index is 0.0285. The normalized spacial score (nSPS) is 36.7. The van der Waals surface area contributed by atoms with Crippen LogP contribution in [0.4, 0.5) is 0 Å². The molecule has 0 bridgehead atoms. The average molecular weight is 307 g/mol. The summed E-state index contributed by atoms with van der Waals surface area (Å²) in [6, 6.07) is 0. The highest BCUT2D eigenvalue weighted by Gasteiger charge is 2.47. The van der Waals surface area contributed by atoms with Gasteiger partial charge in [-0.1, -0.05) is 28.1 Å². The molecular formula is C11H19BrO3Si. The van der Waals surface area contributed by atoms with E-state index in [4.69, 9.17) is 13.9 Å². The molecule has 0 saturated carbocycles. The number of halogens is 1. The van der Waals surface area contributed by atoms with Gasteiger partial charge >= 0.3 is 0 Å². The van der Waals surface area contributed by atoms with E-state index in [2.05, 4.69) is 41.2 Å². The highest BCUT2D eigenvalue weighted by Crippen LogP contribution is 2.36. The second-order valence-corrected chi connectivity index (χ2v) is 11.1. The molecule has 2 aliphatic rings. The Morgan fingerprint density at radius 3 is 2.62 bits per heavy atom. The molecule has 3 atom stereocenters. The van der Waals surface area contributed by atoms with E-state index in [0.717, 1.165) is 4.95 Å².